The smallest absolute Gasteiger partial charge is 0.354 e. The van der Waals surface area contributed by atoms with E-state index in [4.69, 9.17) is 5.26 Å². The van der Waals surface area contributed by atoms with Crippen LogP contribution in [0.1, 0.15) is 34.7 Å². The third-order valence-corrected chi connectivity index (χ3v) is 6.63. The van der Waals surface area contributed by atoms with Gasteiger partial charge in [0, 0.05) is 24.0 Å². The van der Waals surface area contributed by atoms with Crippen molar-refractivity contribution in [2.75, 3.05) is 18.0 Å². The number of amides is 1. The minimum Gasteiger partial charge on any atom is -0.354 e. The number of benzene rings is 1. The number of anilines is 1. The molecular formula is C24H22F3N5OS. The quantitative estimate of drug-likeness (QED) is 0.546. The van der Waals surface area contributed by atoms with Crippen LogP contribution >= 0.6 is 11.3 Å². The number of hydrogen-bond acceptors (Lipinski definition) is 6. The number of carbonyl (C=O) groups excluding carboxylic acids is 1. The second-order valence-corrected chi connectivity index (χ2v) is 9.33. The second-order valence-electron chi connectivity index (χ2n) is 8.04. The third-order valence-electron chi connectivity index (χ3n) is 5.60. The van der Waals surface area contributed by atoms with Crippen LogP contribution in [-0.4, -0.2) is 35.0 Å². The fraction of sp³-hybridized carbons (Fsp3) is 0.333. The van der Waals surface area contributed by atoms with Crippen molar-refractivity contribution in [1.29, 1.82) is 5.26 Å². The molecule has 1 N–H and O–H groups in total. The zero-order chi connectivity index (χ0) is 24.3. The molecule has 3 heterocycles. The van der Waals surface area contributed by atoms with Crippen LogP contribution in [0.5, 0.6) is 0 Å². The molecular weight excluding hydrogens is 463 g/mol. The van der Waals surface area contributed by atoms with Gasteiger partial charge in [-0.05, 0) is 56.0 Å². The van der Waals surface area contributed by atoms with Gasteiger partial charge in [0.05, 0.1) is 22.2 Å². The maximum Gasteiger partial charge on any atom is 0.451 e. The molecule has 1 saturated heterocycles. The molecule has 2 aromatic heterocycles. The molecule has 1 aromatic carbocycles. The number of carbonyl (C=O) groups is 1. The van der Waals surface area contributed by atoms with Crippen LogP contribution in [0.25, 0.3) is 10.6 Å². The summed E-state index contributed by atoms with van der Waals surface area (Å²) in [6, 6.07) is 13.7. The fourth-order valence-corrected chi connectivity index (χ4v) is 4.74. The highest BCUT2D eigenvalue weighted by molar-refractivity contribution is 7.15. The molecule has 1 amide bonds. The summed E-state index contributed by atoms with van der Waals surface area (Å²) >= 11 is 1.36. The summed E-state index contributed by atoms with van der Waals surface area (Å²) in [5.74, 6) is -1.35. The molecule has 3 aromatic rings. The SMILES string of the molecule is Cc1ccc(-c2cc(N3CCC[C@H]3C(=O)NCCc3ccc(C#N)cc3)nc(C(F)(F)F)n2)s1. The number of aromatic nitrogens is 2. The molecule has 10 heteroatoms. The molecule has 176 valence electrons. The highest BCUT2D eigenvalue weighted by Crippen LogP contribution is 2.35. The molecule has 1 fully saturated rings. The zero-order valence-corrected chi connectivity index (χ0v) is 19.2. The van der Waals surface area contributed by atoms with Gasteiger partial charge in [-0.25, -0.2) is 9.97 Å². The van der Waals surface area contributed by atoms with Gasteiger partial charge in [0.15, 0.2) is 0 Å². The topological polar surface area (TPSA) is 81.9 Å². The van der Waals surface area contributed by atoms with E-state index in [0.717, 1.165) is 10.4 Å². The summed E-state index contributed by atoms with van der Waals surface area (Å²) < 4.78 is 40.6. The lowest BCUT2D eigenvalue weighted by Crippen LogP contribution is -2.44. The van der Waals surface area contributed by atoms with Gasteiger partial charge in [-0.15, -0.1) is 11.3 Å². The average molecular weight is 486 g/mol. The lowest BCUT2D eigenvalue weighted by atomic mass is 10.1. The summed E-state index contributed by atoms with van der Waals surface area (Å²) in [5, 5.41) is 11.8. The predicted octanol–water partition coefficient (Wildman–Crippen LogP) is 4.73. The largest absolute Gasteiger partial charge is 0.451 e. The Kier molecular flexibility index (Phi) is 6.84. The number of nitriles is 1. The lowest BCUT2D eigenvalue weighted by Gasteiger charge is -2.26. The van der Waals surface area contributed by atoms with E-state index in [1.807, 2.05) is 25.1 Å². The molecule has 0 aliphatic carbocycles. The van der Waals surface area contributed by atoms with Crippen LogP contribution in [0.4, 0.5) is 19.0 Å². The monoisotopic (exact) mass is 485 g/mol. The highest BCUT2D eigenvalue weighted by atomic mass is 32.1. The molecule has 34 heavy (non-hydrogen) atoms. The van der Waals surface area contributed by atoms with Gasteiger partial charge < -0.3 is 10.2 Å². The van der Waals surface area contributed by atoms with Gasteiger partial charge in [0.1, 0.15) is 11.9 Å². The van der Waals surface area contributed by atoms with Crippen LogP contribution in [0.3, 0.4) is 0 Å². The van der Waals surface area contributed by atoms with Crippen molar-refractivity contribution in [1.82, 2.24) is 15.3 Å². The fourth-order valence-electron chi connectivity index (χ4n) is 3.91. The maximum absolute atomic E-state index is 13.5. The van der Waals surface area contributed by atoms with E-state index in [-0.39, 0.29) is 17.4 Å². The van der Waals surface area contributed by atoms with Gasteiger partial charge >= 0.3 is 6.18 Å². The van der Waals surface area contributed by atoms with E-state index in [2.05, 4.69) is 21.4 Å². The summed E-state index contributed by atoms with van der Waals surface area (Å²) in [7, 11) is 0. The van der Waals surface area contributed by atoms with Gasteiger partial charge in [0.2, 0.25) is 11.7 Å². The van der Waals surface area contributed by atoms with Gasteiger partial charge in [-0.1, -0.05) is 12.1 Å². The number of nitrogens with one attached hydrogen (secondary N) is 1. The average Bonchev–Trinajstić information content (AvgIpc) is 3.48. The zero-order valence-electron chi connectivity index (χ0n) is 18.4. The van der Waals surface area contributed by atoms with Crippen molar-refractivity contribution in [3.05, 3.63) is 64.3 Å². The van der Waals surface area contributed by atoms with Crippen molar-refractivity contribution in [2.24, 2.45) is 0 Å². The first-order valence-electron chi connectivity index (χ1n) is 10.8. The molecule has 1 aliphatic rings. The molecule has 0 unspecified atom stereocenters. The predicted molar refractivity (Wildman–Crippen MR) is 123 cm³/mol. The Balaban J connectivity index is 1.51. The first-order valence-corrected chi connectivity index (χ1v) is 11.6. The number of alkyl halides is 3. The number of nitrogens with zero attached hydrogens (tertiary/aromatic N) is 4. The number of halogens is 3. The molecule has 0 bridgehead atoms. The highest BCUT2D eigenvalue weighted by Gasteiger charge is 2.38. The minimum atomic E-state index is -4.70. The normalized spacial score (nSPS) is 15.9. The number of hydrogen-bond donors (Lipinski definition) is 1. The second kappa shape index (κ2) is 9.81. The Morgan fingerprint density at radius 2 is 2.00 bits per heavy atom. The Labute approximate surface area is 199 Å². The van der Waals surface area contributed by atoms with E-state index in [1.54, 1.807) is 23.1 Å². The first-order chi connectivity index (χ1) is 16.2. The molecule has 0 saturated carbocycles. The molecule has 6 nitrogen and oxygen atoms in total. The summed E-state index contributed by atoms with van der Waals surface area (Å²) in [6.45, 7) is 2.69. The van der Waals surface area contributed by atoms with Crippen molar-refractivity contribution < 1.29 is 18.0 Å². The standard InChI is InChI=1S/C24H22F3N5OS/c1-15-4-9-20(34-15)18-13-21(31-23(30-18)24(25,26)27)32-12-2-3-19(32)22(33)29-11-10-16-5-7-17(14-28)8-6-16/h4-9,13,19H,2-3,10-12H2,1H3,(H,29,33)/t19-/m0/s1. The number of aryl methyl sites for hydroxylation is 1. The summed E-state index contributed by atoms with van der Waals surface area (Å²) in [6.07, 6.45) is -2.92. The molecule has 0 spiro atoms. The van der Waals surface area contributed by atoms with E-state index in [9.17, 15) is 18.0 Å². The van der Waals surface area contributed by atoms with E-state index in [0.29, 0.717) is 42.8 Å². The van der Waals surface area contributed by atoms with Crippen LogP contribution in [0.2, 0.25) is 0 Å². The maximum atomic E-state index is 13.5. The van der Waals surface area contributed by atoms with Crippen molar-refractivity contribution >= 4 is 23.1 Å². The van der Waals surface area contributed by atoms with Crippen LogP contribution in [0.15, 0.2) is 42.5 Å². The van der Waals surface area contributed by atoms with Crippen LogP contribution in [-0.2, 0) is 17.4 Å². The number of rotatable bonds is 6. The van der Waals surface area contributed by atoms with Crippen molar-refractivity contribution in [2.45, 2.75) is 38.4 Å². The van der Waals surface area contributed by atoms with Crippen molar-refractivity contribution in [3.8, 4) is 16.6 Å². The minimum absolute atomic E-state index is 0.105. The molecule has 4 rings (SSSR count). The van der Waals surface area contributed by atoms with E-state index < -0.39 is 18.0 Å². The third kappa shape index (κ3) is 5.37. The van der Waals surface area contributed by atoms with E-state index in [1.165, 1.54) is 17.4 Å². The Hall–Kier alpha value is -3.45. The van der Waals surface area contributed by atoms with Gasteiger partial charge in [-0.3, -0.25) is 4.79 Å². The van der Waals surface area contributed by atoms with Crippen LogP contribution in [0, 0.1) is 18.3 Å². The van der Waals surface area contributed by atoms with Gasteiger partial charge in [-0.2, -0.15) is 18.4 Å². The lowest BCUT2D eigenvalue weighted by molar-refractivity contribution is -0.144. The van der Waals surface area contributed by atoms with Gasteiger partial charge in [0.25, 0.3) is 0 Å². The van der Waals surface area contributed by atoms with E-state index >= 15 is 0 Å². The molecule has 1 aliphatic heterocycles. The summed E-state index contributed by atoms with van der Waals surface area (Å²) in [5.41, 5.74) is 1.74. The number of thiophene rings is 1. The molecule has 1 atom stereocenters. The van der Waals surface area contributed by atoms with Crippen LogP contribution < -0.4 is 10.2 Å². The Morgan fingerprint density at radius 3 is 2.65 bits per heavy atom. The first kappa shape index (κ1) is 23.7. The molecule has 0 radical (unpaired) electrons. The van der Waals surface area contributed by atoms with Crippen molar-refractivity contribution in [3.63, 3.8) is 0 Å². The summed E-state index contributed by atoms with van der Waals surface area (Å²) in [4.78, 5) is 23.7. The Bertz CT molecular complexity index is 1220. The Morgan fingerprint density at radius 1 is 1.24 bits per heavy atom.